The summed E-state index contributed by atoms with van der Waals surface area (Å²) in [6.07, 6.45) is -0.0703. The van der Waals surface area contributed by atoms with Gasteiger partial charge < -0.3 is 9.47 Å². The van der Waals surface area contributed by atoms with Crippen LogP contribution >= 0.6 is 0 Å². The summed E-state index contributed by atoms with van der Waals surface area (Å²) in [6, 6.07) is 3.90. The van der Waals surface area contributed by atoms with Crippen molar-refractivity contribution in [3.8, 4) is 5.88 Å². The molecule has 2 aromatic rings. The molecule has 2 rings (SSSR count). The molecule has 0 radical (unpaired) electrons. The molecule has 0 aliphatic heterocycles. The Labute approximate surface area is 173 Å². The highest BCUT2D eigenvalue weighted by molar-refractivity contribution is 7.90. The van der Waals surface area contributed by atoms with Crippen LogP contribution < -0.4 is 19.9 Å². The lowest BCUT2D eigenvalue weighted by Gasteiger charge is -2.15. The summed E-state index contributed by atoms with van der Waals surface area (Å²) < 4.78 is 61.0. The monoisotopic (exact) mass is 459 g/mol. The molecule has 0 unspecified atom stereocenters. The summed E-state index contributed by atoms with van der Waals surface area (Å²) in [4.78, 5) is 19.3. The second kappa shape index (κ2) is 9.34. The van der Waals surface area contributed by atoms with Crippen LogP contribution in [0.25, 0.3) is 0 Å². The van der Waals surface area contributed by atoms with Gasteiger partial charge in [0.1, 0.15) is 0 Å². The highest BCUT2D eigenvalue weighted by Gasteiger charge is 2.26. The van der Waals surface area contributed by atoms with E-state index in [0.29, 0.717) is 5.69 Å². The first-order valence-corrected chi connectivity index (χ1v) is 11.4. The lowest BCUT2D eigenvalue weighted by Crippen LogP contribution is -2.35. The van der Waals surface area contributed by atoms with Crippen LogP contribution in [0.1, 0.15) is 11.3 Å². The van der Waals surface area contributed by atoms with Crippen molar-refractivity contribution in [2.24, 2.45) is 5.14 Å². The third kappa shape index (κ3) is 5.85. The molecule has 0 saturated heterocycles. The number of aromatic nitrogens is 2. The normalized spacial score (nSPS) is 11.7. The zero-order valence-corrected chi connectivity index (χ0v) is 18.0. The molecule has 1 aromatic carbocycles. The number of rotatable bonds is 8. The predicted molar refractivity (Wildman–Crippen MR) is 106 cm³/mol. The summed E-state index contributed by atoms with van der Waals surface area (Å²) in [5.41, 5.74) is 0.373. The molecule has 30 heavy (non-hydrogen) atoms. The van der Waals surface area contributed by atoms with E-state index in [1.165, 1.54) is 32.4 Å². The van der Waals surface area contributed by atoms with Crippen LogP contribution in [-0.2, 0) is 31.2 Å². The molecular weight excluding hydrogens is 438 g/mol. The van der Waals surface area contributed by atoms with E-state index in [0.717, 1.165) is 6.07 Å². The van der Waals surface area contributed by atoms with Crippen molar-refractivity contribution in [3.05, 3.63) is 35.5 Å². The Morgan fingerprint density at radius 2 is 1.80 bits per heavy atom. The second-order valence-corrected chi connectivity index (χ2v) is 9.14. The minimum Gasteiger partial charge on any atom is -0.481 e. The molecule has 0 saturated carbocycles. The number of hydrogen-bond donors (Lipinski definition) is 3. The zero-order chi connectivity index (χ0) is 22.5. The van der Waals surface area contributed by atoms with Crippen LogP contribution in [0, 0.1) is 6.92 Å². The van der Waals surface area contributed by atoms with Gasteiger partial charge in [-0.2, -0.15) is 4.98 Å². The minimum atomic E-state index is -4.47. The number of nitrogens with zero attached hydrogens (tertiary/aromatic N) is 2. The topological polar surface area (TPSA) is 180 Å². The molecule has 14 heteroatoms. The fourth-order valence-electron chi connectivity index (χ4n) is 2.52. The molecular formula is C16H21N5O7S2. The number of anilines is 1. The quantitative estimate of drug-likeness (QED) is 0.495. The van der Waals surface area contributed by atoms with Crippen molar-refractivity contribution < 1.29 is 31.1 Å². The predicted octanol–water partition coefficient (Wildman–Crippen LogP) is 0.140. The van der Waals surface area contributed by atoms with Crippen LogP contribution in [0.2, 0.25) is 0 Å². The lowest BCUT2D eigenvalue weighted by molar-refractivity contribution is 0.201. The first-order chi connectivity index (χ1) is 14.0. The maximum absolute atomic E-state index is 12.8. The van der Waals surface area contributed by atoms with Crippen molar-refractivity contribution in [1.82, 2.24) is 14.7 Å². The number of methoxy groups -OCH3 is 2. The van der Waals surface area contributed by atoms with Gasteiger partial charge in [0.2, 0.25) is 21.9 Å². The number of carbonyl (C=O) groups is 1. The van der Waals surface area contributed by atoms with Crippen molar-refractivity contribution in [2.75, 3.05) is 26.1 Å². The molecule has 0 fully saturated rings. The number of amides is 2. The Kier molecular flexibility index (Phi) is 7.30. The third-order valence-electron chi connectivity index (χ3n) is 3.73. The molecule has 164 valence electrons. The molecule has 12 nitrogen and oxygen atoms in total. The summed E-state index contributed by atoms with van der Waals surface area (Å²) in [6.45, 7) is 1.66. The van der Waals surface area contributed by atoms with Gasteiger partial charge in [-0.05, 0) is 31.0 Å². The number of hydrogen-bond acceptors (Lipinski definition) is 9. The molecule has 0 spiro atoms. The molecule has 1 aromatic heterocycles. The van der Waals surface area contributed by atoms with E-state index in [1.807, 2.05) is 0 Å². The van der Waals surface area contributed by atoms with Gasteiger partial charge in [0.25, 0.3) is 10.0 Å². The van der Waals surface area contributed by atoms with Gasteiger partial charge in [-0.25, -0.2) is 36.5 Å². The van der Waals surface area contributed by atoms with Crippen molar-refractivity contribution in [2.45, 2.75) is 23.1 Å². The van der Waals surface area contributed by atoms with Crippen molar-refractivity contribution in [1.29, 1.82) is 0 Å². The van der Waals surface area contributed by atoms with Crippen LogP contribution in [0.5, 0.6) is 5.88 Å². The summed E-state index contributed by atoms with van der Waals surface area (Å²) in [5.74, 6) is -0.0131. The number of urea groups is 1. The Balaban J connectivity index is 2.37. The Morgan fingerprint density at radius 1 is 1.13 bits per heavy atom. The van der Waals surface area contributed by atoms with E-state index in [-0.39, 0.29) is 35.3 Å². The number of primary sulfonamides is 1. The average Bonchev–Trinajstić information content (AvgIpc) is 2.64. The highest BCUT2D eigenvalue weighted by atomic mass is 32.2. The van der Waals surface area contributed by atoms with E-state index in [1.54, 1.807) is 11.6 Å². The molecule has 0 atom stereocenters. The number of aryl methyl sites for hydroxylation is 1. The maximum atomic E-state index is 12.8. The third-order valence-corrected chi connectivity index (χ3v) is 6.15. The van der Waals surface area contributed by atoms with Crippen molar-refractivity contribution >= 4 is 32.0 Å². The largest absolute Gasteiger partial charge is 0.481 e. The van der Waals surface area contributed by atoms with Crippen LogP contribution in [-0.4, -0.2) is 53.7 Å². The fraction of sp³-hybridized carbons (Fsp3) is 0.312. The number of nitrogens with two attached hydrogens (primary N) is 1. The van der Waals surface area contributed by atoms with E-state index in [2.05, 4.69) is 15.3 Å². The lowest BCUT2D eigenvalue weighted by atomic mass is 10.1. The Bertz CT molecular complexity index is 1150. The van der Waals surface area contributed by atoms with Gasteiger partial charge >= 0.3 is 6.03 Å². The molecule has 1 heterocycles. The number of benzene rings is 1. The zero-order valence-electron chi connectivity index (χ0n) is 16.4. The maximum Gasteiger partial charge on any atom is 0.335 e. The summed E-state index contributed by atoms with van der Waals surface area (Å²) in [5, 5.41) is 7.39. The van der Waals surface area contributed by atoms with Gasteiger partial charge in [-0.1, -0.05) is 6.07 Å². The molecule has 0 aliphatic rings. The first-order valence-electron chi connectivity index (χ1n) is 8.35. The minimum absolute atomic E-state index is 0.0260. The number of nitrogens with one attached hydrogen (secondary N) is 2. The summed E-state index contributed by atoms with van der Waals surface area (Å²) >= 11 is 0. The van der Waals surface area contributed by atoms with Gasteiger partial charge in [-0.15, -0.1) is 0 Å². The second-order valence-electron chi connectivity index (χ2n) is 5.96. The molecule has 0 bridgehead atoms. The van der Waals surface area contributed by atoms with Gasteiger partial charge in [0.15, 0.2) is 0 Å². The van der Waals surface area contributed by atoms with Crippen LogP contribution in [0.15, 0.2) is 34.1 Å². The first kappa shape index (κ1) is 23.5. The SMILES string of the molecule is COCCc1c(S(N)(=O)=O)cccc1S(=O)(=O)NC(=O)Nc1nc(C)cc(OC)n1. The molecule has 0 aliphatic carbocycles. The fourth-order valence-corrected chi connectivity index (χ4v) is 4.61. The van der Waals surface area contributed by atoms with Gasteiger partial charge in [0.05, 0.1) is 23.5 Å². The van der Waals surface area contributed by atoms with E-state index >= 15 is 0 Å². The Hall–Kier alpha value is -2.81. The van der Waals surface area contributed by atoms with Crippen LogP contribution in [0.4, 0.5) is 10.7 Å². The van der Waals surface area contributed by atoms with Gasteiger partial charge in [-0.3, -0.25) is 5.32 Å². The van der Waals surface area contributed by atoms with E-state index in [9.17, 15) is 21.6 Å². The number of ether oxygens (including phenoxy) is 2. The summed E-state index contributed by atoms with van der Waals surface area (Å²) in [7, 11) is -5.95. The van der Waals surface area contributed by atoms with E-state index in [4.69, 9.17) is 14.6 Å². The number of carbonyl (C=O) groups excluding carboxylic acids is 1. The van der Waals surface area contributed by atoms with Gasteiger partial charge in [0, 0.05) is 18.9 Å². The number of sulfonamides is 2. The smallest absolute Gasteiger partial charge is 0.335 e. The van der Waals surface area contributed by atoms with Crippen LogP contribution in [0.3, 0.4) is 0 Å². The van der Waals surface area contributed by atoms with E-state index < -0.39 is 31.0 Å². The standard InChI is InChI=1S/C16H21N5O7S2/c1-10-9-14(28-3)19-15(18-10)20-16(22)21-30(25,26)13-6-4-5-12(29(17,23)24)11(13)7-8-27-2/h4-6,9H,7-8H2,1-3H3,(H2,17,23,24)(H2,18,19,20,21,22). The molecule has 2 amide bonds. The highest BCUT2D eigenvalue weighted by Crippen LogP contribution is 2.24. The molecule has 4 N–H and O–H groups in total. The van der Waals surface area contributed by atoms with Crippen molar-refractivity contribution in [3.63, 3.8) is 0 Å². The average molecular weight is 460 g/mol. The Morgan fingerprint density at radius 3 is 2.40 bits per heavy atom.